The molecule has 0 aromatic heterocycles. The summed E-state index contributed by atoms with van der Waals surface area (Å²) >= 11 is 0. The van der Waals surface area contributed by atoms with E-state index in [9.17, 15) is 19.2 Å². The fourth-order valence-corrected chi connectivity index (χ4v) is 2.81. The van der Waals surface area contributed by atoms with Crippen molar-refractivity contribution in [3.8, 4) is 0 Å². The van der Waals surface area contributed by atoms with Crippen LogP contribution in [0, 0.1) is 0 Å². The van der Waals surface area contributed by atoms with Gasteiger partial charge in [0.2, 0.25) is 17.7 Å². The Morgan fingerprint density at radius 2 is 1.93 bits per heavy atom. The predicted octanol–water partition coefficient (Wildman–Crippen LogP) is -0.410. The summed E-state index contributed by atoms with van der Waals surface area (Å²) in [7, 11) is 3.74. The Hall–Kier alpha value is -2.62. The van der Waals surface area contributed by atoms with Crippen LogP contribution in [0.25, 0.3) is 0 Å². The van der Waals surface area contributed by atoms with Crippen LogP contribution in [0.1, 0.15) is 33.6 Å². The zero-order chi connectivity index (χ0) is 22.2. The summed E-state index contributed by atoms with van der Waals surface area (Å²) in [5.41, 5.74) is 4.63. The first kappa shape index (κ1) is 24.4. The van der Waals surface area contributed by atoms with Crippen LogP contribution in [0.15, 0.2) is 12.2 Å². The molecule has 1 saturated heterocycles. The molecule has 0 aliphatic carbocycles. The number of ether oxygens (including phenoxy) is 1. The van der Waals surface area contributed by atoms with E-state index >= 15 is 0 Å². The van der Waals surface area contributed by atoms with Crippen molar-refractivity contribution in [2.75, 3.05) is 33.7 Å². The molecule has 1 aliphatic heterocycles. The molecule has 0 bridgehead atoms. The van der Waals surface area contributed by atoms with Gasteiger partial charge in [-0.05, 0) is 47.7 Å². The van der Waals surface area contributed by atoms with Gasteiger partial charge in [-0.25, -0.2) is 4.79 Å². The summed E-state index contributed by atoms with van der Waals surface area (Å²) in [6.45, 7) is 5.89. The van der Waals surface area contributed by atoms with Crippen molar-refractivity contribution in [2.45, 2.75) is 51.3 Å². The van der Waals surface area contributed by atoms with Crippen molar-refractivity contribution in [3.05, 3.63) is 12.2 Å². The van der Waals surface area contributed by atoms with Crippen molar-refractivity contribution in [2.24, 2.45) is 5.73 Å². The molecule has 0 saturated carbocycles. The SMILES string of the molecule is CN(C)C/C=C/C(=O)NCC(NC(=O)OC(C)(C)C)C(=O)N1CCCC1C(N)=O. The molecule has 1 aliphatic rings. The zero-order valence-electron chi connectivity index (χ0n) is 17.9. The molecule has 0 aromatic rings. The second-order valence-corrected chi connectivity index (χ2v) is 8.20. The van der Waals surface area contributed by atoms with Crippen LogP contribution in [-0.4, -0.2) is 85.0 Å². The largest absolute Gasteiger partial charge is 0.444 e. The lowest BCUT2D eigenvalue weighted by molar-refractivity contribution is -0.139. The van der Waals surface area contributed by atoms with E-state index in [-0.39, 0.29) is 6.54 Å². The summed E-state index contributed by atoms with van der Waals surface area (Å²) in [4.78, 5) is 52.0. The summed E-state index contributed by atoms with van der Waals surface area (Å²) in [6, 6.07) is -1.81. The van der Waals surface area contributed by atoms with E-state index in [4.69, 9.17) is 10.5 Å². The Morgan fingerprint density at radius 1 is 1.28 bits per heavy atom. The molecular formula is C19H33N5O5. The Kier molecular flexibility index (Phi) is 9.09. The first-order chi connectivity index (χ1) is 13.4. The first-order valence-corrected chi connectivity index (χ1v) is 9.59. The third-order valence-electron chi connectivity index (χ3n) is 4.07. The average molecular weight is 412 g/mol. The number of carbonyl (C=O) groups excluding carboxylic acids is 4. The predicted molar refractivity (Wildman–Crippen MR) is 108 cm³/mol. The highest BCUT2D eigenvalue weighted by Gasteiger charge is 2.37. The van der Waals surface area contributed by atoms with E-state index < -0.39 is 41.5 Å². The second-order valence-electron chi connectivity index (χ2n) is 8.20. The number of carbonyl (C=O) groups is 4. The molecular weight excluding hydrogens is 378 g/mol. The molecule has 164 valence electrons. The Morgan fingerprint density at radius 3 is 2.48 bits per heavy atom. The number of primary amides is 1. The van der Waals surface area contributed by atoms with Crippen molar-refractivity contribution in [1.29, 1.82) is 0 Å². The van der Waals surface area contributed by atoms with Gasteiger partial charge in [0.15, 0.2) is 0 Å². The van der Waals surface area contributed by atoms with Crippen LogP contribution >= 0.6 is 0 Å². The smallest absolute Gasteiger partial charge is 0.408 e. The van der Waals surface area contributed by atoms with Crippen LogP contribution in [0.3, 0.4) is 0 Å². The van der Waals surface area contributed by atoms with E-state index in [1.165, 1.54) is 11.0 Å². The maximum absolute atomic E-state index is 12.9. The highest BCUT2D eigenvalue weighted by Crippen LogP contribution is 2.18. The third kappa shape index (κ3) is 8.95. The van der Waals surface area contributed by atoms with E-state index in [1.807, 2.05) is 19.0 Å². The van der Waals surface area contributed by atoms with Crippen molar-refractivity contribution < 1.29 is 23.9 Å². The Bertz CT molecular complexity index is 641. The molecule has 0 aromatic carbocycles. The molecule has 1 rings (SSSR count). The highest BCUT2D eigenvalue weighted by molar-refractivity contribution is 5.92. The van der Waals surface area contributed by atoms with Gasteiger partial charge in [0.05, 0.1) is 0 Å². The van der Waals surface area contributed by atoms with E-state index in [1.54, 1.807) is 26.8 Å². The van der Waals surface area contributed by atoms with Crippen LogP contribution in [-0.2, 0) is 19.1 Å². The van der Waals surface area contributed by atoms with Crippen molar-refractivity contribution in [3.63, 3.8) is 0 Å². The number of likely N-dealkylation sites (tertiary alicyclic amines) is 1. The number of nitrogens with zero attached hydrogens (tertiary/aromatic N) is 2. The molecule has 1 fully saturated rings. The number of hydrogen-bond acceptors (Lipinski definition) is 6. The lowest BCUT2D eigenvalue weighted by Crippen LogP contribution is -2.56. The summed E-state index contributed by atoms with van der Waals surface area (Å²) in [5, 5.41) is 5.08. The molecule has 4 amide bonds. The minimum absolute atomic E-state index is 0.148. The van der Waals surface area contributed by atoms with Gasteiger partial charge in [0.25, 0.3) is 0 Å². The molecule has 10 heteroatoms. The fourth-order valence-electron chi connectivity index (χ4n) is 2.81. The summed E-state index contributed by atoms with van der Waals surface area (Å²) in [5.74, 6) is -1.49. The molecule has 29 heavy (non-hydrogen) atoms. The minimum atomic E-state index is -1.09. The van der Waals surface area contributed by atoms with E-state index in [0.29, 0.717) is 25.9 Å². The van der Waals surface area contributed by atoms with Gasteiger partial charge < -0.3 is 30.9 Å². The number of alkyl carbamates (subject to hydrolysis) is 1. The number of hydrogen-bond donors (Lipinski definition) is 3. The van der Waals surface area contributed by atoms with Gasteiger partial charge >= 0.3 is 6.09 Å². The highest BCUT2D eigenvalue weighted by atomic mass is 16.6. The van der Waals surface area contributed by atoms with Gasteiger partial charge in [0, 0.05) is 25.7 Å². The molecule has 10 nitrogen and oxygen atoms in total. The number of likely N-dealkylation sites (N-methyl/N-ethyl adjacent to an activating group) is 1. The van der Waals surface area contributed by atoms with Crippen LogP contribution < -0.4 is 16.4 Å². The topological polar surface area (TPSA) is 134 Å². The van der Waals surface area contributed by atoms with Crippen molar-refractivity contribution >= 4 is 23.8 Å². The number of amides is 4. The molecule has 2 unspecified atom stereocenters. The maximum atomic E-state index is 12.9. The van der Waals surface area contributed by atoms with Gasteiger partial charge in [-0.1, -0.05) is 6.08 Å². The summed E-state index contributed by atoms with van der Waals surface area (Å²) < 4.78 is 5.21. The second kappa shape index (κ2) is 10.8. The quantitative estimate of drug-likeness (QED) is 0.465. The molecule has 0 radical (unpaired) electrons. The molecule has 2 atom stereocenters. The van der Waals surface area contributed by atoms with Gasteiger partial charge in [-0.15, -0.1) is 0 Å². The average Bonchev–Trinajstić information content (AvgIpc) is 3.05. The van der Waals surface area contributed by atoms with Crippen molar-refractivity contribution in [1.82, 2.24) is 20.4 Å². The first-order valence-electron chi connectivity index (χ1n) is 9.59. The number of nitrogens with one attached hydrogen (secondary N) is 2. The molecule has 4 N–H and O–H groups in total. The Balaban J connectivity index is 2.84. The fraction of sp³-hybridized carbons (Fsp3) is 0.684. The van der Waals surface area contributed by atoms with Gasteiger partial charge in [0.1, 0.15) is 17.7 Å². The molecule has 1 heterocycles. The normalized spacial score (nSPS) is 18.0. The maximum Gasteiger partial charge on any atom is 0.408 e. The van der Waals surface area contributed by atoms with Crippen LogP contribution in [0.4, 0.5) is 4.79 Å². The zero-order valence-corrected chi connectivity index (χ0v) is 17.9. The number of nitrogens with two attached hydrogens (primary N) is 1. The minimum Gasteiger partial charge on any atom is -0.444 e. The lowest BCUT2D eigenvalue weighted by atomic mass is 10.2. The van der Waals surface area contributed by atoms with Crippen LogP contribution in [0.5, 0.6) is 0 Å². The summed E-state index contributed by atoms with van der Waals surface area (Å²) in [6.07, 6.45) is 3.36. The standard InChI is InChI=1S/C19H33N5O5/c1-19(2,3)29-18(28)22-13(12-21-15(25)9-7-10-23(4)5)17(27)24-11-6-8-14(24)16(20)26/h7,9,13-14H,6,8,10-12H2,1-5H3,(H2,20,26)(H,21,25)(H,22,28)/b9-7+. The number of rotatable bonds is 8. The van der Waals surface area contributed by atoms with E-state index in [0.717, 1.165) is 0 Å². The molecule has 0 spiro atoms. The van der Waals surface area contributed by atoms with Gasteiger partial charge in [-0.2, -0.15) is 0 Å². The third-order valence-corrected chi connectivity index (χ3v) is 4.07. The monoisotopic (exact) mass is 411 g/mol. The lowest BCUT2D eigenvalue weighted by Gasteiger charge is -2.28. The Labute approximate surface area is 171 Å². The van der Waals surface area contributed by atoms with Crippen LogP contribution in [0.2, 0.25) is 0 Å². The van der Waals surface area contributed by atoms with Gasteiger partial charge in [-0.3, -0.25) is 14.4 Å². The van der Waals surface area contributed by atoms with E-state index in [2.05, 4.69) is 10.6 Å².